The zero-order valence-electron chi connectivity index (χ0n) is 30.7. The summed E-state index contributed by atoms with van der Waals surface area (Å²) in [6.45, 7) is 4.99. The Morgan fingerprint density at radius 3 is 2.70 bits per heavy atom. The third-order valence-corrected chi connectivity index (χ3v) is 11.1. The molecule has 8 rings (SSSR count). The van der Waals surface area contributed by atoms with E-state index < -0.39 is 12.7 Å². The number of carbonyl (C=O) groups is 1. The molecule has 0 radical (unpaired) electrons. The van der Waals surface area contributed by atoms with Crippen LogP contribution in [0.15, 0.2) is 64.1 Å². The van der Waals surface area contributed by atoms with Crippen LogP contribution in [0.25, 0.3) is 39.3 Å². The van der Waals surface area contributed by atoms with Gasteiger partial charge in [0, 0.05) is 42.3 Å². The molecule has 0 bridgehead atoms. The third-order valence-electron chi connectivity index (χ3n) is 11.1. The van der Waals surface area contributed by atoms with Crippen LogP contribution in [0.2, 0.25) is 0 Å². The van der Waals surface area contributed by atoms with Gasteiger partial charge >= 0.3 is 12.6 Å². The highest BCUT2D eigenvalue weighted by Gasteiger charge is 2.32. The van der Waals surface area contributed by atoms with E-state index in [1.807, 2.05) is 30.0 Å². The maximum absolute atomic E-state index is 13.6. The lowest BCUT2D eigenvalue weighted by atomic mass is 9.87. The molecule has 1 atom stereocenters. The lowest BCUT2D eigenvalue weighted by Crippen LogP contribution is -2.36. The number of methoxy groups -OCH3 is 1. The first-order chi connectivity index (χ1) is 26.2. The van der Waals surface area contributed by atoms with E-state index in [1.165, 1.54) is 31.6 Å². The summed E-state index contributed by atoms with van der Waals surface area (Å²) in [5.74, 6) is -0.00751. The average Bonchev–Trinajstić information content (AvgIpc) is 3.99. The Morgan fingerprint density at radius 1 is 1.11 bits per heavy atom. The number of benzene rings is 2. The number of allylic oxidation sites excluding steroid dienone is 5. The highest BCUT2D eigenvalue weighted by molar-refractivity contribution is 5.91. The monoisotopic (exact) mass is 732 g/mol. The quantitative estimate of drug-likeness (QED) is 0.204. The van der Waals surface area contributed by atoms with E-state index in [2.05, 4.69) is 41.1 Å². The van der Waals surface area contributed by atoms with Gasteiger partial charge in [-0.2, -0.15) is 14.0 Å². The van der Waals surface area contributed by atoms with Gasteiger partial charge in [0.05, 0.1) is 23.7 Å². The summed E-state index contributed by atoms with van der Waals surface area (Å²) in [4.78, 5) is 30.1. The van der Waals surface area contributed by atoms with Crippen LogP contribution < -0.4 is 15.6 Å². The number of oxazole rings is 1. The first-order valence-corrected chi connectivity index (χ1v) is 18.5. The van der Waals surface area contributed by atoms with E-state index in [-0.39, 0.29) is 18.3 Å². The van der Waals surface area contributed by atoms with E-state index in [4.69, 9.17) is 23.9 Å². The first-order valence-electron chi connectivity index (χ1n) is 18.5. The fourth-order valence-electron chi connectivity index (χ4n) is 8.40. The second kappa shape index (κ2) is 14.8. The lowest BCUT2D eigenvalue weighted by Gasteiger charge is -2.23. The molecule has 4 heterocycles. The summed E-state index contributed by atoms with van der Waals surface area (Å²) in [5, 5.41) is 10.8. The van der Waals surface area contributed by atoms with E-state index in [0.717, 1.165) is 82.4 Å². The summed E-state index contributed by atoms with van der Waals surface area (Å²) >= 11 is 0. The molecule has 2 aliphatic heterocycles. The summed E-state index contributed by atoms with van der Waals surface area (Å²) in [7, 11) is 1.35. The fraction of sp³-hybridized carbons (Fsp3) is 0.381. The van der Waals surface area contributed by atoms with Gasteiger partial charge in [0.1, 0.15) is 28.9 Å². The van der Waals surface area contributed by atoms with E-state index in [9.17, 15) is 18.8 Å². The van der Waals surface area contributed by atoms with Gasteiger partial charge in [-0.1, -0.05) is 24.3 Å². The van der Waals surface area contributed by atoms with Gasteiger partial charge in [0.15, 0.2) is 5.58 Å². The number of nitrogens with one attached hydrogen (secondary N) is 1. The van der Waals surface area contributed by atoms with Crippen molar-refractivity contribution in [3.05, 3.63) is 92.9 Å². The number of aromatic amines is 1. The van der Waals surface area contributed by atoms with Crippen LogP contribution in [-0.4, -0.2) is 76.7 Å². The van der Waals surface area contributed by atoms with Crippen LogP contribution >= 0.6 is 0 Å². The third kappa shape index (κ3) is 6.78. The van der Waals surface area contributed by atoms with Gasteiger partial charge < -0.3 is 18.9 Å². The highest BCUT2D eigenvalue weighted by Crippen LogP contribution is 2.38. The van der Waals surface area contributed by atoms with Crippen LogP contribution in [0.5, 0.6) is 5.75 Å². The number of hydrogen-bond donors (Lipinski definition) is 1. The maximum Gasteiger partial charge on any atom is 0.387 e. The number of likely N-dealkylation sites (tertiary alicyclic amines) is 2. The van der Waals surface area contributed by atoms with Gasteiger partial charge in [-0.15, -0.1) is 0 Å². The van der Waals surface area contributed by atoms with Gasteiger partial charge in [0.2, 0.25) is 5.89 Å². The molecule has 0 saturated carbocycles. The standard InChI is InChI=1S/C42H42F2N6O4/c1-24-29(9-6-11-31(24)39-46-34-18-26(22-49-14-4-5-15-49)17-27(21-45)38(34)48-39)30-10-7-12-32(25(30)2)40-47-33-19-28(36(54-42(43)44)20-37(33)53-40)23-50-16-8-13-35(50)41(51)52-3/h6-7,9-10,12,17,19-20,35,42,48H,4-5,8,11,13-16,18,22-23H2,1-3H3/t35-/m0/s1. The van der Waals surface area contributed by atoms with Crippen molar-refractivity contribution >= 4 is 33.8 Å². The lowest BCUT2D eigenvalue weighted by molar-refractivity contribution is -0.146. The van der Waals surface area contributed by atoms with E-state index in [1.54, 1.807) is 6.07 Å². The molecule has 2 fully saturated rings. The molecule has 2 aromatic heterocycles. The number of hydrogen-bond acceptors (Lipinski definition) is 9. The smallest absolute Gasteiger partial charge is 0.387 e. The molecule has 1 N–H and O–H groups in total. The van der Waals surface area contributed by atoms with Crippen molar-refractivity contribution in [2.24, 2.45) is 0 Å². The molecule has 2 saturated heterocycles. The molecule has 278 valence electrons. The number of ether oxygens (including phenoxy) is 2. The van der Waals surface area contributed by atoms with Crippen molar-refractivity contribution in [1.29, 1.82) is 5.26 Å². The molecule has 0 amide bonds. The largest absolute Gasteiger partial charge is 0.468 e. The van der Waals surface area contributed by atoms with Crippen LogP contribution in [0.3, 0.4) is 0 Å². The molecular formula is C42H42F2N6O4. The number of H-pyrrole nitrogens is 1. The molecule has 2 aliphatic carbocycles. The summed E-state index contributed by atoms with van der Waals surface area (Å²) in [5.41, 5.74) is 10.7. The van der Waals surface area contributed by atoms with Crippen molar-refractivity contribution < 1.29 is 27.5 Å². The molecular weight excluding hydrogens is 690 g/mol. The van der Waals surface area contributed by atoms with Crippen molar-refractivity contribution in [1.82, 2.24) is 24.8 Å². The number of halogens is 2. The fourth-order valence-corrected chi connectivity index (χ4v) is 8.40. The van der Waals surface area contributed by atoms with Gasteiger partial charge in [0.25, 0.3) is 0 Å². The highest BCUT2D eigenvalue weighted by atomic mass is 19.3. The molecule has 10 nitrogen and oxygen atoms in total. The van der Waals surface area contributed by atoms with E-state index in [0.29, 0.717) is 47.5 Å². The Bertz CT molecular complexity index is 2410. The first kappa shape index (κ1) is 35.6. The molecule has 0 unspecified atom stereocenters. The number of aromatic nitrogens is 3. The van der Waals surface area contributed by atoms with Gasteiger partial charge in [-0.3, -0.25) is 14.6 Å². The number of fused-ring (bicyclic) bond motifs is 2. The minimum atomic E-state index is -3.04. The zero-order chi connectivity index (χ0) is 37.5. The number of esters is 1. The van der Waals surface area contributed by atoms with Crippen LogP contribution in [-0.2, 0) is 22.5 Å². The maximum atomic E-state index is 13.6. The number of nitriles is 1. The topological polar surface area (TPSA) is 121 Å². The molecule has 54 heavy (non-hydrogen) atoms. The molecule has 4 aromatic rings. The number of carbonyl (C=O) groups excluding carboxylic acids is 1. The van der Waals surface area contributed by atoms with Crippen LogP contribution in [0, 0.1) is 18.3 Å². The Morgan fingerprint density at radius 2 is 1.93 bits per heavy atom. The second-order valence-electron chi connectivity index (χ2n) is 14.5. The van der Waals surface area contributed by atoms with Crippen molar-refractivity contribution in [3.8, 4) is 23.3 Å². The Kier molecular flexibility index (Phi) is 9.77. The van der Waals surface area contributed by atoms with Crippen molar-refractivity contribution in [2.75, 3.05) is 33.3 Å². The van der Waals surface area contributed by atoms with Gasteiger partial charge in [-0.05, 0) is 112 Å². The Balaban J connectivity index is 1.13. The normalized spacial score (nSPS) is 20.2. The number of nitrogens with zero attached hydrogens (tertiary/aromatic N) is 5. The Hall–Kier alpha value is -5.38. The minimum Gasteiger partial charge on any atom is -0.468 e. The van der Waals surface area contributed by atoms with Crippen LogP contribution in [0.4, 0.5) is 8.78 Å². The Labute approximate surface area is 311 Å². The molecule has 4 aliphatic rings. The van der Waals surface area contributed by atoms with Crippen LogP contribution in [0.1, 0.15) is 61.4 Å². The van der Waals surface area contributed by atoms with Crippen molar-refractivity contribution in [2.45, 2.75) is 71.6 Å². The average molecular weight is 733 g/mol. The summed E-state index contributed by atoms with van der Waals surface area (Å²) < 4.78 is 43.3. The number of rotatable bonds is 9. The van der Waals surface area contributed by atoms with Gasteiger partial charge in [-0.25, -0.2) is 9.97 Å². The predicted molar refractivity (Wildman–Crippen MR) is 200 cm³/mol. The van der Waals surface area contributed by atoms with E-state index >= 15 is 0 Å². The minimum absolute atomic E-state index is 0.0185. The molecule has 0 spiro atoms. The molecule has 2 aromatic carbocycles. The number of imidazole rings is 1. The molecule has 12 heteroatoms. The predicted octanol–water partition coefficient (Wildman–Crippen LogP) is 6.10. The summed E-state index contributed by atoms with van der Waals surface area (Å²) in [6.07, 6.45) is 11.6. The number of alkyl halides is 2. The summed E-state index contributed by atoms with van der Waals surface area (Å²) in [6, 6.07) is 11.1. The zero-order valence-corrected chi connectivity index (χ0v) is 30.7. The SMILES string of the molecule is COC(=O)[C@@H]1CCCN1Cc1cc2nc(-c3cccc(C4=C(C)C(=c5nc6c([nH]5)=C(C#N)C=C(CN5CCCC5)C6)CC=C4)c3C)oc2cc1OC(F)F. The van der Waals surface area contributed by atoms with Crippen molar-refractivity contribution in [3.63, 3.8) is 0 Å². The second-order valence-corrected chi connectivity index (χ2v) is 14.5.